The van der Waals surface area contributed by atoms with Gasteiger partial charge in [0, 0.05) is 24.5 Å². The van der Waals surface area contributed by atoms with Crippen LogP contribution in [0, 0.1) is 20.8 Å². The van der Waals surface area contributed by atoms with Crippen LogP contribution in [0.4, 0.5) is 0 Å². The second kappa shape index (κ2) is 5.81. The molecule has 0 amide bonds. The summed E-state index contributed by atoms with van der Waals surface area (Å²) in [7, 11) is 0. The van der Waals surface area contributed by atoms with Gasteiger partial charge in [0.25, 0.3) is 0 Å². The van der Waals surface area contributed by atoms with Crippen LogP contribution in [0.15, 0.2) is 42.6 Å². The Balaban J connectivity index is 1.99. The Morgan fingerprint density at radius 3 is 2.44 bits per heavy atom. The topological polar surface area (TPSA) is 3.88 Å². The first-order valence-electron chi connectivity index (χ1n) is 6.68. The molecule has 0 aliphatic carbocycles. The van der Waals surface area contributed by atoms with E-state index in [1.54, 1.807) is 0 Å². The van der Waals surface area contributed by atoms with Crippen molar-refractivity contribution in [1.82, 2.24) is 0 Å². The van der Waals surface area contributed by atoms with Gasteiger partial charge in [-0.25, -0.2) is 4.57 Å². The van der Waals surface area contributed by atoms with Crippen molar-refractivity contribution >= 4 is 0 Å². The Kier molecular flexibility index (Phi) is 4.14. The summed E-state index contributed by atoms with van der Waals surface area (Å²) in [5.41, 5.74) is 5.54. The fourth-order valence-corrected chi connectivity index (χ4v) is 2.38. The summed E-state index contributed by atoms with van der Waals surface area (Å²) in [5.74, 6) is 0. The summed E-state index contributed by atoms with van der Waals surface area (Å²) >= 11 is 0. The maximum atomic E-state index is 2.38. The van der Waals surface area contributed by atoms with E-state index in [4.69, 9.17) is 0 Å². The molecule has 1 heteroatoms. The van der Waals surface area contributed by atoms with E-state index in [2.05, 4.69) is 67.9 Å². The van der Waals surface area contributed by atoms with Crippen molar-refractivity contribution < 1.29 is 4.57 Å². The van der Waals surface area contributed by atoms with Crippen LogP contribution < -0.4 is 4.57 Å². The number of benzene rings is 1. The number of aryl methyl sites for hydroxylation is 4. The van der Waals surface area contributed by atoms with Crippen molar-refractivity contribution in [3.05, 3.63) is 65.0 Å². The molecule has 0 aliphatic heterocycles. The Labute approximate surface area is 110 Å². The van der Waals surface area contributed by atoms with E-state index in [1.165, 1.54) is 28.8 Å². The maximum absolute atomic E-state index is 2.38. The first-order valence-corrected chi connectivity index (χ1v) is 6.68. The van der Waals surface area contributed by atoms with Gasteiger partial charge in [-0.2, -0.15) is 0 Å². The average molecular weight is 240 g/mol. The average Bonchev–Trinajstić information content (AvgIpc) is 2.36. The molecule has 1 aromatic carbocycles. The molecule has 0 bridgehead atoms. The van der Waals surface area contributed by atoms with Crippen molar-refractivity contribution in [2.75, 3.05) is 0 Å². The predicted octanol–water partition coefficient (Wildman–Crippen LogP) is 3.53. The van der Waals surface area contributed by atoms with Gasteiger partial charge in [0.1, 0.15) is 6.54 Å². The van der Waals surface area contributed by atoms with Gasteiger partial charge >= 0.3 is 0 Å². The molecule has 18 heavy (non-hydrogen) atoms. The normalized spacial score (nSPS) is 10.6. The van der Waals surface area contributed by atoms with Gasteiger partial charge in [0.05, 0.1) is 0 Å². The summed E-state index contributed by atoms with van der Waals surface area (Å²) in [5, 5.41) is 0. The van der Waals surface area contributed by atoms with Crippen LogP contribution in [0.5, 0.6) is 0 Å². The van der Waals surface area contributed by atoms with Crippen LogP contribution in [0.3, 0.4) is 0 Å². The van der Waals surface area contributed by atoms with Gasteiger partial charge in [-0.05, 0) is 31.9 Å². The highest BCUT2D eigenvalue weighted by molar-refractivity contribution is 5.18. The van der Waals surface area contributed by atoms with Crippen molar-refractivity contribution in [3.63, 3.8) is 0 Å². The largest absolute Gasteiger partial charge is 0.202 e. The molecule has 0 saturated heterocycles. The highest BCUT2D eigenvalue weighted by atomic mass is 14.9. The van der Waals surface area contributed by atoms with Crippen molar-refractivity contribution in [2.24, 2.45) is 0 Å². The summed E-state index contributed by atoms with van der Waals surface area (Å²) in [4.78, 5) is 0. The second-order valence-electron chi connectivity index (χ2n) is 5.07. The molecule has 0 atom stereocenters. The molecule has 0 N–H and O–H groups in total. The lowest BCUT2D eigenvalue weighted by Gasteiger charge is -2.05. The van der Waals surface area contributed by atoms with Gasteiger partial charge in [-0.3, -0.25) is 0 Å². The fourth-order valence-electron chi connectivity index (χ4n) is 2.38. The van der Waals surface area contributed by atoms with Gasteiger partial charge < -0.3 is 0 Å². The molecule has 1 heterocycles. The van der Waals surface area contributed by atoms with Gasteiger partial charge in [-0.1, -0.05) is 30.3 Å². The first kappa shape index (κ1) is 12.8. The first-order chi connectivity index (χ1) is 8.66. The van der Waals surface area contributed by atoms with E-state index < -0.39 is 0 Å². The quantitative estimate of drug-likeness (QED) is 0.720. The third-order valence-corrected chi connectivity index (χ3v) is 3.51. The Morgan fingerprint density at radius 2 is 1.72 bits per heavy atom. The number of nitrogens with zero attached hydrogens (tertiary/aromatic N) is 1. The zero-order valence-corrected chi connectivity index (χ0v) is 11.6. The van der Waals surface area contributed by atoms with Gasteiger partial charge in [0.2, 0.25) is 0 Å². The summed E-state index contributed by atoms with van der Waals surface area (Å²) in [6.45, 7) is 7.66. The standard InChI is InChI=1S/C17H22N/c1-14-12-15(2)16(3)18(13-14)11-7-10-17-8-5-4-6-9-17/h4-6,8-9,12-13H,7,10-11H2,1-3H3/q+1. The van der Waals surface area contributed by atoms with Gasteiger partial charge in [0.15, 0.2) is 11.9 Å². The van der Waals surface area contributed by atoms with E-state index >= 15 is 0 Å². The molecule has 1 aromatic heterocycles. The van der Waals surface area contributed by atoms with Crippen LogP contribution >= 0.6 is 0 Å². The molecule has 0 saturated carbocycles. The Hall–Kier alpha value is -1.63. The highest BCUT2D eigenvalue weighted by Gasteiger charge is 2.09. The number of hydrogen-bond donors (Lipinski definition) is 0. The lowest BCUT2D eigenvalue weighted by Crippen LogP contribution is -2.38. The molecule has 0 fully saturated rings. The van der Waals surface area contributed by atoms with Crippen LogP contribution in [0.2, 0.25) is 0 Å². The van der Waals surface area contributed by atoms with Crippen LogP contribution in [0.1, 0.15) is 28.8 Å². The zero-order chi connectivity index (χ0) is 13.0. The van der Waals surface area contributed by atoms with Crippen molar-refractivity contribution in [2.45, 2.75) is 40.2 Å². The molecular formula is C17H22N+. The number of pyridine rings is 1. The zero-order valence-electron chi connectivity index (χ0n) is 11.6. The Morgan fingerprint density at radius 1 is 1.00 bits per heavy atom. The Bertz CT molecular complexity index is 515. The molecule has 0 aliphatic rings. The van der Waals surface area contributed by atoms with Crippen LogP contribution in [-0.2, 0) is 13.0 Å². The minimum Gasteiger partial charge on any atom is -0.202 e. The van der Waals surface area contributed by atoms with E-state index in [-0.39, 0.29) is 0 Å². The third kappa shape index (κ3) is 3.19. The molecule has 0 spiro atoms. The molecule has 0 unspecified atom stereocenters. The minimum atomic E-state index is 1.10. The molecule has 2 rings (SSSR count). The lowest BCUT2D eigenvalue weighted by molar-refractivity contribution is -0.703. The van der Waals surface area contributed by atoms with Crippen LogP contribution in [0.25, 0.3) is 0 Å². The van der Waals surface area contributed by atoms with E-state index in [0.29, 0.717) is 0 Å². The summed E-state index contributed by atoms with van der Waals surface area (Å²) in [6.07, 6.45) is 4.60. The second-order valence-corrected chi connectivity index (χ2v) is 5.07. The third-order valence-electron chi connectivity index (χ3n) is 3.51. The molecule has 2 aromatic rings. The van der Waals surface area contributed by atoms with E-state index in [1.807, 2.05) is 0 Å². The number of aromatic nitrogens is 1. The fraction of sp³-hybridized carbons (Fsp3) is 0.353. The number of hydrogen-bond acceptors (Lipinski definition) is 0. The smallest absolute Gasteiger partial charge is 0.181 e. The molecule has 0 radical (unpaired) electrons. The summed E-state index contributed by atoms with van der Waals surface area (Å²) in [6, 6.07) is 13.0. The molecular weight excluding hydrogens is 218 g/mol. The summed E-state index contributed by atoms with van der Waals surface area (Å²) < 4.78 is 2.38. The lowest BCUT2D eigenvalue weighted by atomic mass is 10.1. The predicted molar refractivity (Wildman–Crippen MR) is 75.6 cm³/mol. The monoisotopic (exact) mass is 240 g/mol. The minimum absolute atomic E-state index is 1.10. The van der Waals surface area contributed by atoms with Crippen molar-refractivity contribution in [1.29, 1.82) is 0 Å². The van der Waals surface area contributed by atoms with E-state index in [0.717, 1.165) is 13.0 Å². The highest BCUT2D eigenvalue weighted by Crippen LogP contribution is 2.06. The molecule has 1 nitrogen and oxygen atoms in total. The SMILES string of the molecule is Cc1cc(C)c(C)[n+](CCCc2ccccc2)c1. The van der Waals surface area contributed by atoms with E-state index in [9.17, 15) is 0 Å². The maximum Gasteiger partial charge on any atom is 0.181 e. The van der Waals surface area contributed by atoms with Crippen molar-refractivity contribution in [3.8, 4) is 0 Å². The molecule has 94 valence electrons. The number of rotatable bonds is 4. The van der Waals surface area contributed by atoms with Crippen LogP contribution in [-0.4, -0.2) is 0 Å². The van der Waals surface area contributed by atoms with Gasteiger partial charge in [-0.15, -0.1) is 0 Å².